The fourth-order valence-corrected chi connectivity index (χ4v) is 2.56. The molecule has 114 valence electrons. The van der Waals surface area contributed by atoms with E-state index in [2.05, 4.69) is 69.2 Å². The van der Waals surface area contributed by atoms with E-state index in [4.69, 9.17) is 4.98 Å². The molecular weight excluding hydrogens is 258 g/mol. The maximum absolute atomic E-state index is 4.89. The lowest BCUT2D eigenvalue weighted by atomic mass is 10.1. The van der Waals surface area contributed by atoms with Crippen LogP contribution >= 0.6 is 0 Å². The minimum Gasteiger partial charge on any atom is -0.359 e. The number of aromatic nitrogens is 1. The van der Waals surface area contributed by atoms with Gasteiger partial charge in [-0.25, -0.2) is 4.98 Å². The van der Waals surface area contributed by atoms with Crippen molar-refractivity contribution in [3.05, 3.63) is 35.9 Å². The Labute approximate surface area is 128 Å². The van der Waals surface area contributed by atoms with Crippen LogP contribution < -0.4 is 10.2 Å². The molecule has 0 bridgehead atoms. The normalized spacial score (nSPS) is 11.6. The lowest BCUT2D eigenvalue weighted by Crippen LogP contribution is -2.27. The second-order valence-electron chi connectivity index (χ2n) is 6.47. The van der Waals surface area contributed by atoms with Crippen LogP contribution in [-0.2, 0) is 6.54 Å². The van der Waals surface area contributed by atoms with E-state index in [0.717, 1.165) is 24.4 Å². The second-order valence-corrected chi connectivity index (χ2v) is 6.47. The summed E-state index contributed by atoms with van der Waals surface area (Å²) < 4.78 is 0. The molecule has 0 atom stereocenters. The minimum atomic E-state index is 0.472. The largest absolute Gasteiger partial charge is 0.359 e. The van der Waals surface area contributed by atoms with E-state index < -0.39 is 0 Å². The fourth-order valence-electron chi connectivity index (χ4n) is 2.56. The molecule has 1 aromatic carbocycles. The van der Waals surface area contributed by atoms with Crippen molar-refractivity contribution >= 4 is 16.7 Å². The van der Waals surface area contributed by atoms with Crippen molar-refractivity contribution in [2.45, 2.75) is 40.3 Å². The average Bonchev–Trinajstić information content (AvgIpc) is 2.43. The van der Waals surface area contributed by atoms with Gasteiger partial charge < -0.3 is 10.2 Å². The van der Waals surface area contributed by atoms with Gasteiger partial charge in [-0.1, -0.05) is 45.9 Å². The fraction of sp³-hybridized carbons (Fsp3) is 0.500. The van der Waals surface area contributed by atoms with Crippen molar-refractivity contribution in [1.82, 2.24) is 10.3 Å². The maximum Gasteiger partial charge on any atom is 0.133 e. The van der Waals surface area contributed by atoms with Crippen LogP contribution in [0.25, 0.3) is 10.9 Å². The molecule has 0 radical (unpaired) electrons. The standard InChI is InChI=1S/C18H27N3/c1-13(2)12-21(5)18-16(11-19-14(3)4)10-15-8-6-7-9-17(15)20-18/h6-10,13-14,19H,11-12H2,1-5H3. The summed E-state index contributed by atoms with van der Waals surface area (Å²) in [6.07, 6.45) is 0. The van der Waals surface area contributed by atoms with Gasteiger partial charge in [-0.05, 0) is 18.1 Å². The molecule has 2 aromatic rings. The molecule has 0 fully saturated rings. The molecule has 0 aliphatic rings. The highest BCUT2D eigenvalue weighted by Crippen LogP contribution is 2.23. The number of rotatable bonds is 6. The number of hydrogen-bond acceptors (Lipinski definition) is 3. The Bertz CT molecular complexity index is 590. The lowest BCUT2D eigenvalue weighted by molar-refractivity contribution is 0.584. The molecule has 21 heavy (non-hydrogen) atoms. The van der Waals surface area contributed by atoms with Gasteiger partial charge in [0.1, 0.15) is 5.82 Å². The molecule has 0 aliphatic carbocycles. The molecule has 0 aliphatic heterocycles. The second kappa shape index (κ2) is 6.90. The van der Waals surface area contributed by atoms with Gasteiger partial charge in [-0.2, -0.15) is 0 Å². The van der Waals surface area contributed by atoms with E-state index >= 15 is 0 Å². The third kappa shape index (κ3) is 4.18. The smallest absolute Gasteiger partial charge is 0.133 e. The molecule has 1 aromatic heterocycles. The topological polar surface area (TPSA) is 28.2 Å². The van der Waals surface area contributed by atoms with Crippen LogP contribution in [0.15, 0.2) is 30.3 Å². The van der Waals surface area contributed by atoms with Crippen molar-refractivity contribution in [2.24, 2.45) is 5.92 Å². The number of para-hydroxylation sites is 1. The first-order valence-corrected chi connectivity index (χ1v) is 7.80. The van der Waals surface area contributed by atoms with Gasteiger partial charge >= 0.3 is 0 Å². The Morgan fingerprint density at radius 3 is 2.52 bits per heavy atom. The van der Waals surface area contributed by atoms with E-state index in [9.17, 15) is 0 Å². The molecular formula is C18H27N3. The van der Waals surface area contributed by atoms with Gasteiger partial charge in [0.05, 0.1) is 5.52 Å². The summed E-state index contributed by atoms with van der Waals surface area (Å²) in [6, 6.07) is 11.1. The molecule has 3 nitrogen and oxygen atoms in total. The maximum atomic E-state index is 4.89. The van der Waals surface area contributed by atoms with Crippen LogP contribution in [0.2, 0.25) is 0 Å². The Balaban J connectivity index is 2.40. The number of hydrogen-bond donors (Lipinski definition) is 1. The molecule has 3 heteroatoms. The number of pyridine rings is 1. The van der Waals surface area contributed by atoms with E-state index in [-0.39, 0.29) is 0 Å². The monoisotopic (exact) mass is 285 g/mol. The predicted octanol–water partition coefficient (Wildman–Crippen LogP) is 3.83. The summed E-state index contributed by atoms with van der Waals surface area (Å²) in [6.45, 7) is 10.7. The Morgan fingerprint density at radius 1 is 1.14 bits per heavy atom. The van der Waals surface area contributed by atoms with Crippen molar-refractivity contribution < 1.29 is 0 Å². The summed E-state index contributed by atoms with van der Waals surface area (Å²) in [5.74, 6) is 1.71. The molecule has 0 spiro atoms. The molecule has 0 saturated heterocycles. The Morgan fingerprint density at radius 2 is 1.86 bits per heavy atom. The summed E-state index contributed by atoms with van der Waals surface area (Å²) in [5, 5.41) is 4.72. The van der Waals surface area contributed by atoms with Crippen molar-refractivity contribution in [3.8, 4) is 0 Å². The predicted molar refractivity (Wildman–Crippen MR) is 91.8 cm³/mol. The van der Waals surface area contributed by atoms with Crippen molar-refractivity contribution in [3.63, 3.8) is 0 Å². The van der Waals surface area contributed by atoms with E-state index in [0.29, 0.717) is 12.0 Å². The first kappa shape index (κ1) is 15.8. The Kier molecular flexibility index (Phi) is 5.18. The zero-order valence-electron chi connectivity index (χ0n) is 13.9. The van der Waals surface area contributed by atoms with Crippen molar-refractivity contribution in [1.29, 1.82) is 0 Å². The number of benzene rings is 1. The summed E-state index contributed by atoms with van der Waals surface area (Å²) >= 11 is 0. The highest BCUT2D eigenvalue weighted by molar-refractivity contribution is 5.81. The molecule has 1 heterocycles. The molecule has 0 unspecified atom stereocenters. The summed E-state index contributed by atoms with van der Waals surface area (Å²) in [4.78, 5) is 7.16. The molecule has 2 rings (SSSR count). The van der Waals surface area contributed by atoms with Crippen LogP contribution in [-0.4, -0.2) is 24.6 Å². The molecule has 0 amide bonds. The Hall–Kier alpha value is -1.61. The van der Waals surface area contributed by atoms with Crippen LogP contribution in [0.1, 0.15) is 33.3 Å². The lowest BCUT2D eigenvalue weighted by Gasteiger charge is -2.24. The number of nitrogens with one attached hydrogen (secondary N) is 1. The van der Waals surface area contributed by atoms with E-state index in [1.165, 1.54) is 10.9 Å². The van der Waals surface area contributed by atoms with Gasteiger partial charge in [-0.3, -0.25) is 0 Å². The molecule has 1 N–H and O–H groups in total. The first-order chi connectivity index (χ1) is 9.97. The number of anilines is 1. The third-order valence-corrected chi connectivity index (χ3v) is 3.48. The van der Waals surface area contributed by atoms with Gasteiger partial charge in [0.25, 0.3) is 0 Å². The van der Waals surface area contributed by atoms with Crippen LogP contribution in [0.5, 0.6) is 0 Å². The van der Waals surface area contributed by atoms with Gasteiger partial charge in [-0.15, -0.1) is 0 Å². The van der Waals surface area contributed by atoms with E-state index in [1.807, 2.05) is 6.07 Å². The summed E-state index contributed by atoms with van der Waals surface area (Å²) in [7, 11) is 2.13. The highest BCUT2D eigenvalue weighted by atomic mass is 15.2. The van der Waals surface area contributed by atoms with Gasteiger partial charge in [0.15, 0.2) is 0 Å². The first-order valence-electron chi connectivity index (χ1n) is 7.80. The summed E-state index contributed by atoms with van der Waals surface area (Å²) in [5.41, 5.74) is 2.34. The zero-order valence-corrected chi connectivity index (χ0v) is 13.9. The van der Waals surface area contributed by atoms with Gasteiger partial charge in [0.2, 0.25) is 0 Å². The third-order valence-electron chi connectivity index (χ3n) is 3.48. The number of fused-ring (bicyclic) bond motifs is 1. The minimum absolute atomic E-state index is 0.472. The molecule has 0 saturated carbocycles. The zero-order chi connectivity index (χ0) is 15.4. The SMILES string of the molecule is CC(C)CN(C)c1nc2ccccc2cc1CNC(C)C. The highest BCUT2D eigenvalue weighted by Gasteiger charge is 2.12. The number of nitrogens with zero attached hydrogens (tertiary/aromatic N) is 2. The quantitative estimate of drug-likeness (QED) is 0.874. The van der Waals surface area contributed by atoms with Crippen LogP contribution in [0.3, 0.4) is 0 Å². The van der Waals surface area contributed by atoms with Crippen LogP contribution in [0.4, 0.5) is 5.82 Å². The van der Waals surface area contributed by atoms with Gasteiger partial charge in [0, 0.05) is 37.1 Å². The van der Waals surface area contributed by atoms with Crippen LogP contribution in [0, 0.1) is 5.92 Å². The average molecular weight is 285 g/mol. The van der Waals surface area contributed by atoms with E-state index in [1.54, 1.807) is 0 Å². The van der Waals surface area contributed by atoms with Crippen molar-refractivity contribution in [2.75, 3.05) is 18.5 Å².